The number of amides is 2. The minimum absolute atomic E-state index is 0.145. The normalized spacial score (nSPS) is 15.7. The van der Waals surface area contributed by atoms with Crippen LogP contribution in [0.3, 0.4) is 0 Å². The van der Waals surface area contributed by atoms with E-state index in [1.807, 2.05) is 0 Å². The first-order valence-corrected chi connectivity index (χ1v) is 7.49. The molecule has 0 saturated heterocycles. The van der Waals surface area contributed by atoms with E-state index < -0.39 is 6.04 Å². The van der Waals surface area contributed by atoms with E-state index in [2.05, 4.69) is 33.2 Å². The van der Waals surface area contributed by atoms with Gasteiger partial charge in [0.2, 0.25) is 5.91 Å². The Bertz CT molecular complexity index is 517. The molecule has 0 aliphatic heterocycles. The van der Waals surface area contributed by atoms with Crippen molar-refractivity contribution in [2.24, 2.45) is 0 Å². The van der Waals surface area contributed by atoms with Gasteiger partial charge in [0.1, 0.15) is 6.04 Å². The maximum Gasteiger partial charge on any atom is 0.253 e. The van der Waals surface area contributed by atoms with Crippen LogP contribution < -0.4 is 10.6 Å². The molecule has 6 heteroatoms. The van der Waals surface area contributed by atoms with E-state index in [4.69, 9.17) is 11.6 Å². The summed E-state index contributed by atoms with van der Waals surface area (Å²) in [4.78, 5) is 23.8. The number of hydrogen-bond donors (Lipinski definition) is 2. The first-order chi connectivity index (χ1) is 8.97. The Morgan fingerprint density at radius 2 is 2.11 bits per heavy atom. The van der Waals surface area contributed by atoms with Crippen molar-refractivity contribution >= 4 is 46.0 Å². The maximum atomic E-state index is 12.1. The van der Waals surface area contributed by atoms with Gasteiger partial charge in [-0.05, 0) is 60.6 Å². The van der Waals surface area contributed by atoms with E-state index in [-0.39, 0.29) is 17.9 Å². The van der Waals surface area contributed by atoms with Crippen LogP contribution in [0, 0.1) is 3.57 Å². The lowest BCUT2D eigenvalue weighted by Gasteiger charge is -2.14. The molecule has 0 bridgehead atoms. The molecule has 102 valence electrons. The van der Waals surface area contributed by atoms with Gasteiger partial charge in [-0.3, -0.25) is 9.59 Å². The van der Waals surface area contributed by atoms with Crippen LogP contribution in [0.5, 0.6) is 0 Å². The molecular weight excluding hydrogens is 379 g/mol. The molecule has 0 heterocycles. The topological polar surface area (TPSA) is 58.2 Å². The quantitative estimate of drug-likeness (QED) is 0.773. The minimum Gasteiger partial charge on any atom is -0.352 e. The summed E-state index contributed by atoms with van der Waals surface area (Å²) in [5, 5.41) is 6.04. The van der Waals surface area contributed by atoms with Crippen molar-refractivity contribution in [2.45, 2.75) is 31.8 Å². The average Bonchev–Trinajstić information content (AvgIpc) is 3.15. The lowest BCUT2D eigenvalue weighted by molar-refractivity contribution is -0.122. The van der Waals surface area contributed by atoms with Crippen LogP contribution in [0.1, 0.15) is 30.1 Å². The van der Waals surface area contributed by atoms with Gasteiger partial charge < -0.3 is 10.6 Å². The summed E-state index contributed by atoms with van der Waals surface area (Å²) < 4.78 is 0.800. The van der Waals surface area contributed by atoms with E-state index in [9.17, 15) is 9.59 Å². The molecule has 2 rings (SSSR count). The average molecular weight is 393 g/mol. The summed E-state index contributed by atoms with van der Waals surface area (Å²) in [5.74, 6) is -0.432. The van der Waals surface area contributed by atoms with Crippen LogP contribution in [0.15, 0.2) is 18.2 Å². The van der Waals surface area contributed by atoms with Crippen LogP contribution >= 0.6 is 34.2 Å². The predicted octanol–water partition coefficient (Wildman–Crippen LogP) is 2.34. The number of benzene rings is 1. The van der Waals surface area contributed by atoms with Crippen LogP contribution in [0.25, 0.3) is 0 Å². The Kier molecular flexibility index (Phi) is 4.67. The first kappa shape index (κ1) is 14.6. The van der Waals surface area contributed by atoms with Crippen molar-refractivity contribution in [1.82, 2.24) is 10.6 Å². The Balaban J connectivity index is 1.99. The van der Waals surface area contributed by atoms with Crippen molar-refractivity contribution in [2.75, 3.05) is 0 Å². The van der Waals surface area contributed by atoms with Crippen molar-refractivity contribution < 1.29 is 9.59 Å². The van der Waals surface area contributed by atoms with Crippen molar-refractivity contribution in [3.63, 3.8) is 0 Å². The molecule has 0 spiro atoms. The largest absolute Gasteiger partial charge is 0.352 e. The molecule has 1 unspecified atom stereocenters. The molecule has 0 aromatic heterocycles. The monoisotopic (exact) mass is 392 g/mol. The molecule has 1 fully saturated rings. The second-order valence-electron chi connectivity index (χ2n) is 4.60. The fraction of sp³-hybridized carbons (Fsp3) is 0.385. The van der Waals surface area contributed by atoms with E-state index in [0.717, 1.165) is 16.4 Å². The van der Waals surface area contributed by atoms with E-state index in [0.29, 0.717) is 10.6 Å². The van der Waals surface area contributed by atoms with Crippen molar-refractivity contribution in [3.05, 3.63) is 32.4 Å². The third-order valence-corrected chi connectivity index (χ3v) is 4.01. The minimum atomic E-state index is -0.553. The highest BCUT2D eigenvalue weighted by molar-refractivity contribution is 14.1. The van der Waals surface area contributed by atoms with Crippen LogP contribution in [0.2, 0.25) is 5.02 Å². The van der Waals surface area contributed by atoms with Gasteiger partial charge in [0.05, 0.1) is 5.56 Å². The van der Waals surface area contributed by atoms with Gasteiger partial charge >= 0.3 is 0 Å². The summed E-state index contributed by atoms with van der Waals surface area (Å²) in [6, 6.07) is 4.83. The fourth-order valence-corrected chi connectivity index (χ4v) is 2.32. The van der Waals surface area contributed by atoms with Gasteiger partial charge in [-0.2, -0.15) is 0 Å². The Morgan fingerprint density at radius 3 is 2.74 bits per heavy atom. The highest BCUT2D eigenvalue weighted by Gasteiger charge is 2.26. The smallest absolute Gasteiger partial charge is 0.253 e. The number of carbonyl (C=O) groups is 2. The zero-order valence-corrected chi connectivity index (χ0v) is 13.3. The lowest BCUT2D eigenvalue weighted by Crippen LogP contribution is -2.45. The predicted molar refractivity (Wildman–Crippen MR) is 82.3 cm³/mol. The highest BCUT2D eigenvalue weighted by Crippen LogP contribution is 2.19. The molecule has 2 amide bonds. The molecule has 1 aliphatic rings. The summed E-state index contributed by atoms with van der Waals surface area (Å²) in [6.07, 6.45) is 2.05. The maximum absolute atomic E-state index is 12.1. The molecule has 1 aliphatic carbocycles. The fourth-order valence-electron chi connectivity index (χ4n) is 1.57. The molecule has 0 radical (unpaired) electrons. The summed E-state index contributed by atoms with van der Waals surface area (Å²) >= 11 is 7.94. The van der Waals surface area contributed by atoms with E-state index >= 15 is 0 Å². The third kappa shape index (κ3) is 4.07. The molecule has 1 aromatic carbocycles. The number of nitrogens with one attached hydrogen (secondary N) is 2. The third-order valence-electron chi connectivity index (χ3n) is 2.84. The molecule has 19 heavy (non-hydrogen) atoms. The van der Waals surface area contributed by atoms with Gasteiger partial charge in [-0.25, -0.2) is 0 Å². The number of carbonyl (C=O) groups excluding carboxylic acids is 2. The molecular formula is C13H14ClIN2O2. The number of halogens is 2. The lowest BCUT2D eigenvalue weighted by atomic mass is 10.2. The summed E-state index contributed by atoms with van der Waals surface area (Å²) in [7, 11) is 0. The summed E-state index contributed by atoms with van der Waals surface area (Å²) in [6.45, 7) is 1.67. The van der Waals surface area contributed by atoms with Gasteiger partial charge in [0.25, 0.3) is 5.91 Å². The molecule has 4 nitrogen and oxygen atoms in total. The van der Waals surface area contributed by atoms with Crippen LogP contribution in [-0.4, -0.2) is 23.9 Å². The van der Waals surface area contributed by atoms with Gasteiger partial charge in [-0.1, -0.05) is 11.6 Å². The van der Waals surface area contributed by atoms with Gasteiger partial charge in [0, 0.05) is 14.6 Å². The van der Waals surface area contributed by atoms with Crippen LogP contribution in [0.4, 0.5) is 0 Å². The zero-order valence-electron chi connectivity index (χ0n) is 10.4. The van der Waals surface area contributed by atoms with Crippen LogP contribution in [-0.2, 0) is 4.79 Å². The zero-order chi connectivity index (χ0) is 14.0. The molecule has 2 N–H and O–H groups in total. The van der Waals surface area contributed by atoms with Crippen molar-refractivity contribution in [3.8, 4) is 0 Å². The van der Waals surface area contributed by atoms with E-state index in [1.165, 1.54) is 0 Å². The molecule has 1 atom stereocenters. The first-order valence-electron chi connectivity index (χ1n) is 6.03. The Labute approximate surface area is 130 Å². The SMILES string of the molecule is CC(NC(=O)c1cc(Cl)ccc1I)C(=O)NC1CC1. The Hall–Kier alpha value is -0.820. The summed E-state index contributed by atoms with van der Waals surface area (Å²) in [5.41, 5.74) is 0.485. The standard InChI is InChI=1S/C13H14ClIN2O2/c1-7(12(18)17-9-3-4-9)16-13(19)10-6-8(14)2-5-11(10)15/h2,5-7,9H,3-4H2,1H3,(H,16,19)(H,17,18). The Morgan fingerprint density at radius 1 is 1.42 bits per heavy atom. The number of hydrogen-bond acceptors (Lipinski definition) is 2. The van der Waals surface area contributed by atoms with Gasteiger partial charge in [0.15, 0.2) is 0 Å². The van der Waals surface area contributed by atoms with Gasteiger partial charge in [-0.15, -0.1) is 0 Å². The molecule has 1 saturated carbocycles. The van der Waals surface area contributed by atoms with Crippen molar-refractivity contribution in [1.29, 1.82) is 0 Å². The number of rotatable bonds is 4. The highest BCUT2D eigenvalue weighted by atomic mass is 127. The van der Waals surface area contributed by atoms with E-state index in [1.54, 1.807) is 25.1 Å². The molecule has 1 aromatic rings. The second-order valence-corrected chi connectivity index (χ2v) is 6.20. The second kappa shape index (κ2) is 6.09.